The number of hydrogen-bond acceptors (Lipinski definition) is 2. The summed E-state index contributed by atoms with van der Waals surface area (Å²) in [6, 6.07) is 4.37. The molecule has 0 amide bonds. The number of rotatable bonds is 8. The van der Waals surface area contributed by atoms with Gasteiger partial charge in [0.1, 0.15) is 5.65 Å². The van der Waals surface area contributed by atoms with Gasteiger partial charge in [0.15, 0.2) is 0 Å². The van der Waals surface area contributed by atoms with E-state index in [1.54, 1.807) is 0 Å². The Morgan fingerprint density at radius 2 is 2.05 bits per heavy atom. The van der Waals surface area contributed by atoms with E-state index in [1.165, 1.54) is 43.1 Å². The number of aryl methyl sites for hydroxylation is 1. The van der Waals surface area contributed by atoms with E-state index >= 15 is 0 Å². The van der Waals surface area contributed by atoms with Crippen LogP contribution in [0.4, 0.5) is 0 Å². The summed E-state index contributed by atoms with van der Waals surface area (Å²) in [5, 5.41) is 1.26. The number of aromatic nitrogens is 2. The van der Waals surface area contributed by atoms with Gasteiger partial charge in [0.2, 0.25) is 0 Å². The molecule has 3 nitrogen and oxygen atoms in total. The van der Waals surface area contributed by atoms with E-state index in [2.05, 4.69) is 35.7 Å². The van der Waals surface area contributed by atoms with E-state index in [9.17, 15) is 0 Å². The van der Waals surface area contributed by atoms with Gasteiger partial charge in [0.05, 0.1) is 0 Å². The standard InChI is InChI=1S/C17H27N3/c1-3-4-5-6-7-11-20-13-15(12-14(2)18)16-9-8-10-19-17(16)20/h8-10,13-14H,3-7,11-12,18H2,1-2H3. The first-order valence-electron chi connectivity index (χ1n) is 7.90. The molecule has 0 aliphatic heterocycles. The van der Waals surface area contributed by atoms with Crippen molar-refractivity contribution in [3.63, 3.8) is 0 Å². The van der Waals surface area contributed by atoms with E-state index in [0.717, 1.165) is 18.6 Å². The fourth-order valence-corrected chi connectivity index (χ4v) is 2.76. The zero-order valence-electron chi connectivity index (χ0n) is 12.8. The van der Waals surface area contributed by atoms with E-state index in [4.69, 9.17) is 5.73 Å². The van der Waals surface area contributed by atoms with Gasteiger partial charge in [0, 0.05) is 30.4 Å². The van der Waals surface area contributed by atoms with Gasteiger partial charge in [-0.15, -0.1) is 0 Å². The molecule has 0 spiro atoms. The zero-order chi connectivity index (χ0) is 14.4. The summed E-state index contributed by atoms with van der Waals surface area (Å²) >= 11 is 0. The van der Waals surface area contributed by atoms with E-state index in [-0.39, 0.29) is 6.04 Å². The number of nitrogens with zero attached hydrogens (tertiary/aromatic N) is 2. The number of unbranched alkanes of at least 4 members (excludes halogenated alkanes) is 4. The lowest BCUT2D eigenvalue weighted by Gasteiger charge is -2.04. The van der Waals surface area contributed by atoms with Crippen LogP contribution in [-0.2, 0) is 13.0 Å². The van der Waals surface area contributed by atoms with Crippen molar-refractivity contribution in [2.45, 2.75) is 65.0 Å². The maximum Gasteiger partial charge on any atom is 0.140 e. The highest BCUT2D eigenvalue weighted by atomic mass is 15.0. The molecule has 2 aromatic heterocycles. The monoisotopic (exact) mass is 273 g/mol. The summed E-state index contributed by atoms with van der Waals surface area (Å²) in [7, 11) is 0. The molecule has 0 aliphatic rings. The van der Waals surface area contributed by atoms with Gasteiger partial charge in [-0.2, -0.15) is 0 Å². The highest BCUT2D eigenvalue weighted by Crippen LogP contribution is 2.21. The minimum absolute atomic E-state index is 0.193. The fourth-order valence-electron chi connectivity index (χ4n) is 2.76. The van der Waals surface area contributed by atoms with Gasteiger partial charge in [0.25, 0.3) is 0 Å². The normalized spacial score (nSPS) is 12.9. The molecule has 20 heavy (non-hydrogen) atoms. The van der Waals surface area contributed by atoms with Crippen molar-refractivity contribution in [1.82, 2.24) is 9.55 Å². The molecule has 0 saturated carbocycles. The molecule has 1 unspecified atom stereocenters. The highest BCUT2D eigenvalue weighted by Gasteiger charge is 2.10. The summed E-state index contributed by atoms with van der Waals surface area (Å²) in [6.07, 6.45) is 11.6. The van der Waals surface area contributed by atoms with Crippen LogP contribution in [0, 0.1) is 0 Å². The topological polar surface area (TPSA) is 43.8 Å². The Kier molecular flexibility index (Phi) is 5.60. The van der Waals surface area contributed by atoms with Crippen molar-refractivity contribution in [3.05, 3.63) is 30.1 Å². The molecule has 3 heteroatoms. The summed E-state index contributed by atoms with van der Waals surface area (Å²) < 4.78 is 2.30. The third-order valence-corrected chi connectivity index (χ3v) is 3.76. The van der Waals surface area contributed by atoms with Gasteiger partial charge in [-0.05, 0) is 37.5 Å². The first-order valence-corrected chi connectivity index (χ1v) is 7.90. The average molecular weight is 273 g/mol. The first-order chi connectivity index (χ1) is 9.72. The Morgan fingerprint density at radius 1 is 1.25 bits per heavy atom. The van der Waals surface area contributed by atoms with Gasteiger partial charge < -0.3 is 10.3 Å². The van der Waals surface area contributed by atoms with Crippen LogP contribution >= 0.6 is 0 Å². The molecule has 2 aromatic rings. The molecule has 2 rings (SSSR count). The molecular weight excluding hydrogens is 246 g/mol. The fraction of sp³-hybridized carbons (Fsp3) is 0.588. The predicted molar refractivity (Wildman–Crippen MR) is 85.8 cm³/mol. The molecular formula is C17H27N3. The van der Waals surface area contributed by atoms with E-state index < -0.39 is 0 Å². The molecule has 2 N–H and O–H groups in total. The van der Waals surface area contributed by atoms with Crippen LogP contribution in [0.3, 0.4) is 0 Å². The van der Waals surface area contributed by atoms with Gasteiger partial charge >= 0.3 is 0 Å². The quantitative estimate of drug-likeness (QED) is 0.741. The van der Waals surface area contributed by atoms with Crippen LogP contribution in [0.1, 0.15) is 51.5 Å². The lowest BCUT2D eigenvalue weighted by atomic mass is 10.1. The smallest absolute Gasteiger partial charge is 0.140 e. The van der Waals surface area contributed by atoms with Crippen LogP contribution in [0.5, 0.6) is 0 Å². The predicted octanol–water partition coefficient (Wildman–Crippen LogP) is 3.90. The maximum atomic E-state index is 5.95. The van der Waals surface area contributed by atoms with Crippen molar-refractivity contribution < 1.29 is 0 Å². The Balaban J connectivity index is 2.08. The number of hydrogen-bond donors (Lipinski definition) is 1. The number of nitrogens with two attached hydrogens (primary N) is 1. The lowest BCUT2D eigenvalue weighted by Crippen LogP contribution is -2.17. The molecule has 0 saturated heterocycles. The van der Waals surface area contributed by atoms with E-state index in [0.29, 0.717) is 0 Å². The number of fused-ring (bicyclic) bond motifs is 1. The molecule has 0 aliphatic carbocycles. The van der Waals surface area contributed by atoms with Crippen molar-refractivity contribution >= 4 is 11.0 Å². The SMILES string of the molecule is CCCCCCCn1cc(CC(C)N)c2cccnc21. The van der Waals surface area contributed by atoms with Crippen LogP contribution in [0.2, 0.25) is 0 Å². The zero-order valence-corrected chi connectivity index (χ0v) is 12.8. The molecule has 110 valence electrons. The van der Waals surface area contributed by atoms with Crippen LogP contribution in [0.15, 0.2) is 24.5 Å². The lowest BCUT2D eigenvalue weighted by molar-refractivity contribution is 0.574. The molecule has 0 radical (unpaired) electrons. The molecule has 1 atom stereocenters. The molecule has 2 heterocycles. The van der Waals surface area contributed by atoms with E-state index in [1.807, 2.05) is 12.3 Å². The minimum Gasteiger partial charge on any atom is -0.332 e. The van der Waals surface area contributed by atoms with Gasteiger partial charge in [-0.1, -0.05) is 32.6 Å². The minimum atomic E-state index is 0.193. The Labute approximate surface area is 122 Å². The summed E-state index contributed by atoms with van der Waals surface area (Å²) in [5.41, 5.74) is 8.39. The van der Waals surface area contributed by atoms with Crippen LogP contribution in [0.25, 0.3) is 11.0 Å². The summed E-state index contributed by atoms with van der Waals surface area (Å²) in [5.74, 6) is 0. The van der Waals surface area contributed by atoms with Crippen molar-refractivity contribution in [2.24, 2.45) is 5.73 Å². The molecule has 0 aromatic carbocycles. The molecule has 0 fully saturated rings. The average Bonchev–Trinajstić information content (AvgIpc) is 2.77. The Bertz CT molecular complexity index is 528. The Hall–Kier alpha value is -1.35. The second kappa shape index (κ2) is 7.44. The van der Waals surface area contributed by atoms with Gasteiger partial charge in [-0.25, -0.2) is 4.98 Å². The maximum absolute atomic E-state index is 5.95. The van der Waals surface area contributed by atoms with Crippen LogP contribution in [-0.4, -0.2) is 15.6 Å². The second-order valence-electron chi connectivity index (χ2n) is 5.82. The van der Waals surface area contributed by atoms with Gasteiger partial charge in [-0.3, -0.25) is 0 Å². The van der Waals surface area contributed by atoms with Crippen molar-refractivity contribution in [3.8, 4) is 0 Å². The second-order valence-corrected chi connectivity index (χ2v) is 5.82. The van der Waals surface area contributed by atoms with Crippen molar-refractivity contribution in [2.75, 3.05) is 0 Å². The first kappa shape index (κ1) is 15.0. The van der Waals surface area contributed by atoms with Crippen molar-refractivity contribution in [1.29, 1.82) is 0 Å². The molecule has 0 bridgehead atoms. The third-order valence-electron chi connectivity index (χ3n) is 3.76. The largest absolute Gasteiger partial charge is 0.332 e. The van der Waals surface area contributed by atoms with Crippen LogP contribution < -0.4 is 5.73 Å². The Morgan fingerprint density at radius 3 is 2.80 bits per heavy atom. The third kappa shape index (κ3) is 3.83. The highest BCUT2D eigenvalue weighted by molar-refractivity contribution is 5.80. The summed E-state index contributed by atoms with van der Waals surface area (Å²) in [4.78, 5) is 4.55. The summed E-state index contributed by atoms with van der Waals surface area (Å²) in [6.45, 7) is 5.38. The number of pyridine rings is 1.